The number of ketones is 1. The zero-order chi connectivity index (χ0) is 8.27. The predicted octanol–water partition coefficient (Wildman–Crippen LogP) is -0.540. The summed E-state index contributed by atoms with van der Waals surface area (Å²) in [6, 6.07) is -0.231. The van der Waals surface area contributed by atoms with Crippen LogP contribution in [0.25, 0.3) is 0 Å². The van der Waals surface area contributed by atoms with Gasteiger partial charge in [0.15, 0.2) is 12.0 Å². The van der Waals surface area contributed by atoms with E-state index in [4.69, 9.17) is 11.0 Å². The normalized spacial score (nSPS) is 23.3. The van der Waals surface area contributed by atoms with E-state index in [0.717, 1.165) is 12.8 Å². The van der Waals surface area contributed by atoms with Gasteiger partial charge in [0.1, 0.15) is 0 Å². The molecule has 0 aromatic heterocycles. The molecule has 0 aliphatic carbocycles. The quantitative estimate of drug-likeness (QED) is 0.541. The number of Topliss-reactive ketones (excluding diaryl/α,β-unsaturated/α-hetero) is 1. The molecule has 0 amide bonds. The van der Waals surface area contributed by atoms with Crippen LogP contribution in [0.1, 0.15) is 12.8 Å². The maximum Gasteiger partial charge on any atom is 0.180 e. The lowest BCUT2D eigenvalue weighted by Crippen LogP contribution is -2.36. The predicted molar refractivity (Wildman–Crippen MR) is 39.4 cm³/mol. The highest BCUT2D eigenvalue weighted by atomic mass is 16.1. The SMILES string of the molecule is N#CN1CCCC1C(=O)CN. The Labute approximate surface area is 65.6 Å². The van der Waals surface area contributed by atoms with Crippen molar-refractivity contribution in [1.82, 2.24) is 4.90 Å². The molecule has 1 aliphatic heterocycles. The average molecular weight is 153 g/mol. The van der Waals surface area contributed by atoms with Crippen LogP contribution in [-0.2, 0) is 4.79 Å². The third-order valence-corrected chi connectivity index (χ3v) is 1.95. The van der Waals surface area contributed by atoms with Crippen LogP contribution in [0.15, 0.2) is 0 Å². The van der Waals surface area contributed by atoms with Gasteiger partial charge in [-0.25, -0.2) is 0 Å². The fraction of sp³-hybridized carbons (Fsp3) is 0.714. The number of hydrogen-bond donors (Lipinski definition) is 1. The molecule has 60 valence electrons. The summed E-state index contributed by atoms with van der Waals surface area (Å²) in [6.45, 7) is 0.746. The number of nitriles is 1. The zero-order valence-corrected chi connectivity index (χ0v) is 6.29. The van der Waals surface area contributed by atoms with Crippen molar-refractivity contribution >= 4 is 5.78 Å². The highest BCUT2D eigenvalue weighted by Crippen LogP contribution is 2.15. The summed E-state index contributed by atoms with van der Waals surface area (Å²) in [7, 11) is 0. The molecule has 0 aromatic rings. The summed E-state index contributed by atoms with van der Waals surface area (Å²) >= 11 is 0. The summed E-state index contributed by atoms with van der Waals surface area (Å²) < 4.78 is 0. The molecule has 1 atom stereocenters. The molecule has 1 saturated heterocycles. The lowest BCUT2D eigenvalue weighted by Gasteiger charge is -2.15. The Kier molecular flexibility index (Phi) is 2.44. The van der Waals surface area contributed by atoms with E-state index in [0.29, 0.717) is 6.54 Å². The molecule has 1 rings (SSSR count). The van der Waals surface area contributed by atoms with E-state index in [1.54, 1.807) is 0 Å². The van der Waals surface area contributed by atoms with E-state index in [-0.39, 0.29) is 18.4 Å². The topological polar surface area (TPSA) is 70.1 Å². The van der Waals surface area contributed by atoms with Crippen molar-refractivity contribution in [1.29, 1.82) is 5.26 Å². The van der Waals surface area contributed by atoms with Crippen molar-refractivity contribution in [3.8, 4) is 6.19 Å². The largest absolute Gasteiger partial charge is 0.324 e. The molecule has 1 unspecified atom stereocenters. The number of nitrogens with zero attached hydrogens (tertiary/aromatic N) is 2. The first-order valence-corrected chi connectivity index (χ1v) is 3.68. The van der Waals surface area contributed by atoms with Gasteiger partial charge in [-0.2, -0.15) is 5.26 Å². The van der Waals surface area contributed by atoms with Crippen molar-refractivity contribution in [2.45, 2.75) is 18.9 Å². The molecule has 0 aromatic carbocycles. The molecule has 1 heterocycles. The number of likely N-dealkylation sites (tertiary alicyclic amines) is 1. The molecule has 2 N–H and O–H groups in total. The lowest BCUT2D eigenvalue weighted by molar-refractivity contribution is -0.121. The van der Waals surface area contributed by atoms with Gasteiger partial charge in [0.2, 0.25) is 0 Å². The molecule has 0 bridgehead atoms. The summed E-state index contributed by atoms with van der Waals surface area (Å²) in [5.74, 6) is -0.0240. The molecule has 11 heavy (non-hydrogen) atoms. The fourth-order valence-corrected chi connectivity index (χ4v) is 1.36. The Bertz CT molecular complexity index is 196. The van der Waals surface area contributed by atoms with E-state index < -0.39 is 0 Å². The Morgan fingerprint density at radius 1 is 1.82 bits per heavy atom. The molecule has 1 fully saturated rings. The molecule has 0 spiro atoms. The fourth-order valence-electron chi connectivity index (χ4n) is 1.36. The molecule has 4 nitrogen and oxygen atoms in total. The molecule has 0 saturated carbocycles. The van der Waals surface area contributed by atoms with Gasteiger partial charge >= 0.3 is 0 Å². The number of nitrogens with two attached hydrogens (primary N) is 1. The summed E-state index contributed by atoms with van der Waals surface area (Å²) in [6.07, 6.45) is 3.69. The van der Waals surface area contributed by atoms with E-state index in [1.165, 1.54) is 4.90 Å². The lowest BCUT2D eigenvalue weighted by atomic mass is 10.1. The highest BCUT2D eigenvalue weighted by Gasteiger charge is 2.28. The summed E-state index contributed by atoms with van der Waals surface area (Å²) in [4.78, 5) is 12.6. The van der Waals surface area contributed by atoms with Crippen LogP contribution in [-0.4, -0.2) is 29.8 Å². The summed E-state index contributed by atoms with van der Waals surface area (Å²) in [5, 5.41) is 8.56. The highest BCUT2D eigenvalue weighted by molar-refractivity contribution is 5.86. The molecule has 4 heteroatoms. The van der Waals surface area contributed by atoms with E-state index in [1.807, 2.05) is 6.19 Å². The van der Waals surface area contributed by atoms with Gasteiger partial charge in [-0.15, -0.1) is 0 Å². The summed E-state index contributed by atoms with van der Waals surface area (Å²) in [5.41, 5.74) is 5.18. The van der Waals surface area contributed by atoms with E-state index >= 15 is 0 Å². The number of rotatable bonds is 2. The van der Waals surface area contributed by atoms with Crippen molar-refractivity contribution < 1.29 is 4.79 Å². The average Bonchev–Trinajstić information content (AvgIpc) is 2.50. The second-order valence-electron chi connectivity index (χ2n) is 2.62. The van der Waals surface area contributed by atoms with Crippen LogP contribution < -0.4 is 5.73 Å². The molecular formula is C7H11N3O. The first-order valence-electron chi connectivity index (χ1n) is 3.68. The minimum atomic E-state index is -0.231. The van der Waals surface area contributed by atoms with Crippen molar-refractivity contribution in [2.75, 3.05) is 13.1 Å². The third-order valence-electron chi connectivity index (χ3n) is 1.95. The van der Waals surface area contributed by atoms with Crippen LogP contribution in [0.2, 0.25) is 0 Å². The van der Waals surface area contributed by atoms with Crippen molar-refractivity contribution in [3.05, 3.63) is 0 Å². The second-order valence-corrected chi connectivity index (χ2v) is 2.62. The van der Waals surface area contributed by atoms with Crippen molar-refractivity contribution in [2.24, 2.45) is 5.73 Å². The maximum absolute atomic E-state index is 11.1. The van der Waals surface area contributed by atoms with Gasteiger partial charge in [-0.1, -0.05) is 0 Å². The maximum atomic E-state index is 11.1. The van der Waals surface area contributed by atoms with Gasteiger partial charge < -0.3 is 10.6 Å². The van der Waals surface area contributed by atoms with Crippen molar-refractivity contribution in [3.63, 3.8) is 0 Å². The van der Waals surface area contributed by atoms with E-state index in [2.05, 4.69) is 0 Å². The number of carbonyl (C=O) groups excluding carboxylic acids is 1. The smallest absolute Gasteiger partial charge is 0.180 e. The van der Waals surface area contributed by atoms with Gasteiger partial charge in [0.25, 0.3) is 0 Å². The van der Waals surface area contributed by atoms with Crippen LogP contribution >= 0.6 is 0 Å². The van der Waals surface area contributed by atoms with Gasteiger partial charge in [-0.05, 0) is 12.8 Å². The van der Waals surface area contributed by atoms with Crippen LogP contribution in [0.3, 0.4) is 0 Å². The minimum Gasteiger partial charge on any atom is -0.324 e. The van der Waals surface area contributed by atoms with Gasteiger partial charge in [0.05, 0.1) is 12.6 Å². The monoisotopic (exact) mass is 153 g/mol. The standard InChI is InChI=1S/C7H11N3O/c8-4-7(11)6-2-1-3-10(6)5-9/h6H,1-4,8H2. The minimum absolute atomic E-state index is 0.0240. The van der Waals surface area contributed by atoms with Crippen LogP contribution in [0.5, 0.6) is 0 Å². The van der Waals surface area contributed by atoms with Crippen LogP contribution in [0, 0.1) is 11.5 Å². The Balaban J connectivity index is 2.58. The number of carbonyl (C=O) groups is 1. The Hall–Kier alpha value is -1.08. The Morgan fingerprint density at radius 2 is 2.55 bits per heavy atom. The van der Waals surface area contributed by atoms with Crippen LogP contribution in [0.4, 0.5) is 0 Å². The zero-order valence-electron chi connectivity index (χ0n) is 6.29. The molecular weight excluding hydrogens is 142 g/mol. The van der Waals surface area contributed by atoms with E-state index in [9.17, 15) is 4.79 Å². The second kappa shape index (κ2) is 3.35. The number of hydrogen-bond acceptors (Lipinski definition) is 4. The first-order chi connectivity index (χ1) is 5.29. The van der Waals surface area contributed by atoms with Gasteiger partial charge in [0, 0.05) is 6.54 Å². The Morgan fingerprint density at radius 3 is 3.09 bits per heavy atom. The molecule has 0 radical (unpaired) electrons. The third kappa shape index (κ3) is 1.49. The molecule has 1 aliphatic rings. The van der Waals surface area contributed by atoms with Gasteiger partial charge in [-0.3, -0.25) is 4.79 Å². The first kappa shape index (κ1) is 8.02.